The third kappa shape index (κ3) is 2.56. The number of nitrogens with zero attached hydrogens (tertiary/aromatic N) is 1. The quantitative estimate of drug-likeness (QED) is 0.911. The summed E-state index contributed by atoms with van der Waals surface area (Å²) >= 11 is 4.91. The van der Waals surface area contributed by atoms with Crippen molar-refractivity contribution in [1.29, 1.82) is 0 Å². The van der Waals surface area contributed by atoms with Gasteiger partial charge in [0.15, 0.2) is 0 Å². The van der Waals surface area contributed by atoms with Crippen LogP contribution in [0.1, 0.15) is 29.4 Å². The number of amides is 1. The number of rotatable bonds is 2. The van der Waals surface area contributed by atoms with E-state index in [0.717, 1.165) is 28.7 Å². The first-order chi connectivity index (χ1) is 8.15. The van der Waals surface area contributed by atoms with Crippen molar-refractivity contribution >= 4 is 33.2 Å². The smallest absolute Gasteiger partial charge is 0.265 e. The second kappa shape index (κ2) is 5.50. The number of hydrogen-bond donors (Lipinski definition) is 1. The van der Waals surface area contributed by atoms with E-state index in [0.29, 0.717) is 12.5 Å². The lowest BCUT2D eigenvalue weighted by Gasteiger charge is -2.39. The average Bonchev–Trinajstić information content (AvgIpc) is 2.74. The average molecular weight is 317 g/mol. The molecule has 94 valence electrons. The number of hydrogen-bond acceptors (Lipinski definition) is 3. The molecule has 0 saturated carbocycles. The topological polar surface area (TPSA) is 46.3 Å². The van der Waals surface area contributed by atoms with E-state index in [1.165, 1.54) is 11.3 Å². The molecule has 0 aliphatic carbocycles. The van der Waals surface area contributed by atoms with E-state index in [1.54, 1.807) is 0 Å². The number of nitrogens with two attached hydrogens (primary N) is 1. The zero-order valence-electron chi connectivity index (χ0n) is 9.86. The SMILES string of the molecule is C[C@@H]1CCCN(C(=O)c2sccc2Br)[C@H]1CN. The molecule has 3 nitrogen and oxygen atoms in total. The second-order valence-corrected chi connectivity index (χ2v) is 6.29. The van der Waals surface area contributed by atoms with Gasteiger partial charge in [-0.3, -0.25) is 4.79 Å². The van der Waals surface area contributed by atoms with Crippen LogP contribution in [0.15, 0.2) is 15.9 Å². The molecular weight excluding hydrogens is 300 g/mol. The molecule has 1 amide bonds. The lowest BCUT2D eigenvalue weighted by Crippen LogP contribution is -2.51. The van der Waals surface area contributed by atoms with E-state index in [9.17, 15) is 4.79 Å². The predicted octanol–water partition coefficient (Wildman–Crippen LogP) is 2.71. The van der Waals surface area contributed by atoms with Crippen LogP contribution in [0.2, 0.25) is 0 Å². The van der Waals surface area contributed by atoms with Gasteiger partial charge in [-0.05, 0) is 46.1 Å². The summed E-state index contributed by atoms with van der Waals surface area (Å²) in [4.78, 5) is 15.2. The summed E-state index contributed by atoms with van der Waals surface area (Å²) < 4.78 is 0.890. The van der Waals surface area contributed by atoms with Gasteiger partial charge in [-0.15, -0.1) is 11.3 Å². The lowest BCUT2D eigenvalue weighted by atomic mass is 9.90. The highest BCUT2D eigenvalue weighted by Crippen LogP contribution is 2.29. The molecule has 5 heteroatoms. The molecule has 2 heterocycles. The van der Waals surface area contributed by atoms with Gasteiger partial charge in [0.25, 0.3) is 5.91 Å². The number of carbonyl (C=O) groups is 1. The van der Waals surface area contributed by atoms with Gasteiger partial charge < -0.3 is 10.6 Å². The van der Waals surface area contributed by atoms with Crippen molar-refractivity contribution in [3.63, 3.8) is 0 Å². The minimum Gasteiger partial charge on any atom is -0.333 e. The maximum atomic E-state index is 12.4. The van der Waals surface area contributed by atoms with Crippen molar-refractivity contribution in [2.24, 2.45) is 11.7 Å². The van der Waals surface area contributed by atoms with Crippen LogP contribution < -0.4 is 5.73 Å². The summed E-state index contributed by atoms with van der Waals surface area (Å²) in [6, 6.07) is 2.10. The lowest BCUT2D eigenvalue weighted by molar-refractivity contribution is 0.0536. The molecular formula is C12H17BrN2OS. The van der Waals surface area contributed by atoms with Crippen molar-refractivity contribution in [1.82, 2.24) is 4.90 Å². The van der Waals surface area contributed by atoms with Crippen LogP contribution in [0.5, 0.6) is 0 Å². The number of likely N-dealkylation sites (tertiary alicyclic amines) is 1. The Hall–Kier alpha value is -0.390. The van der Waals surface area contributed by atoms with Crippen LogP contribution in [0.3, 0.4) is 0 Å². The molecule has 2 N–H and O–H groups in total. The predicted molar refractivity (Wildman–Crippen MR) is 74.3 cm³/mol. The van der Waals surface area contributed by atoms with Gasteiger partial charge in [-0.25, -0.2) is 0 Å². The first-order valence-electron chi connectivity index (χ1n) is 5.89. The third-order valence-corrected chi connectivity index (χ3v) is 5.26. The van der Waals surface area contributed by atoms with Crippen molar-refractivity contribution < 1.29 is 4.79 Å². The van der Waals surface area contributed by atoms with E-state index in [-0.39, 0.29) is 11.9 Å². The Bertz CT molecular complexity index is 407. The molecule has 0 spiro atoms. The number of piperidine rings is 1. The van der Waals surface area contributed by atoms with Gasteiger partial charge in [-0.1, -0.05) is 6.92 Å². The zero-order valence-corrected chi connectivity index (χ0v) is 12.3. The Morgan fingerprint density at radius 3 is 3.06 bits per heavy atom. The van der Waals surface area contributed by atoms with Crippen molar-refractivity contribution in [2.75, 3.05) is 13.1 Å². The molecule has 0 bridgehead atoms. The largest absolute Gasteiger partial charge is 0.333 e. The zero-order chi connectivity index (χ0) is 12.4. The first-order valence-corrected chi connectivity index (χ1v) is 7.56. The number of thiophene rings is 1. The summed E-state index contributed by atoms with van der Waals surface area (Å²) in [5, 5.41) is 1.93. The fraction of sp³-hybridized carbons (Fsp3) is 0.583. The molecule has 1 aromatic heterocycles. The Balaban J connectivity index is 2.21. The van der Waals surface area contributed by atoms with E-state index in [4.69, 9.17) is 5.73 Å². The van der Waals surface area contributed by atoms with Crippen molar-refractivity contribution in [3.8, 4) is 0 Å². The van der Waals surface area contributed by atoms with Crippen LogP contribution in [-0.4, -0.2) is 29.9 Å². The second-order valence-electron chi connectivity index (χ2n) is 4.52. The number of carbonyl (C=O) groups excluding carboxylic acids is 1. The molecule has 0 aromatic carbocycles. The minimum atomic E-state index is 0.119. The minimum absolute atomic E-state index is 0.119. The normalized spacial score (nSPS) is 25.0. The van der Waals surface area contributed by atoms with Crippen LogP contribution in [-0.2, 0) is 0 Å². The van der Waals surface area contributed by atoms with Gasteiger partial charge in [-0.2, -0.15) is 0 Å². The van der Waals surface area contributed by atoms with Crippen LogP contribution in [0, 0.1) is 5.92 Å². The number of halogens is 1. The Kier molecular flexibility index (Phi) is 4.22. The molecule has 2 rings (SSSR count). The van der Waals surface area contributed by atoms with E-state index in [2.05, 4.69) is 22.9 Å². The van der Waals surface area contributed by atoms with E-state index >= 15 is 0 Å². The molecule has 2 atom stereocenters. The molecule has 1 fully saturated rings. The summed E-state index contributed by atoms with van der Waals surface area (Å²) in [5.74, 6) is 0.616. The monoisotopic (exact) mass is 316 g/mol. The Morgan fingerprint density at radius 2 is 2.47 bits per heavy atom. The Morgan fingerprint density at radius 1 is 1.71 bits per heavy atom. The van der Waals surface area contributed by atoms with Gasteiger partial charge >= 0.3 is 0 Å². The molecule has 1 aliphatic rings. The van der Waals surface area contributed by atoms with E-state index in [1.807, 2.05) is 16.3 Å². The summed E-state index contributed by atoms with van der Waals surface area (Å²) in [7, 11) is 0. The Labute approximate surface area is 114 Å². The van der Waals surface area contributed by atoms with Gasteiger partial charge in [0.1, 0.15) is 4.88 Å². The molecule has 1 aromatic rings. The van der Waals surface area contributed by atoms with Gasteiger partial charge in [0, 0.05) is 23.6 Å². The first kappa shape index (κ1) is 13.1. The maximum Gasteiger partial charge on any atom is 0.265 e. The van der Waals surface area contributed by atoms with Crippen LogP contribution >= 0.6 is 27.3 Å². The highest BCUT2D eigenvalue weighted by molar-refractivity contribution is 9.10. The summed E-state index contributed by atoms with van der Waals surface area (Å²) in [5.41, 5.74) is 5.81. The molecule has 0 radical (unpaired) electrons. The van der Waals surface area contributed by atoms with Crippen molar-refractivity contribution in [2.45, 2.75) is 25.8 Å². The summed E-state index contributed by atoms with van der Waals surface area (Å²) in [6.45, 7) is 3.56. The molecule has 1 saturated heterocycles. The van der Waals surface area contributed by atoms with Crippen LogP contribution in [0.4, 0.5) is 0 Å². The molecule has 17 heavy (non-hydrogen) atoms. The highest BCUT2D eigenvalue weighted by atomic mass is 79.9. The fourth-order valence-corrected chi connectivity index (χ4v) is 3.93. The van der Waals surface area contributed by atoms with Gasteiger partial charge in [0.05, 0.1) is 0 Å². The van der Waals surface area contributed by atoms with Crippen LogP contribution in [0.25, 0.3) is 0 Å². The third-order valence-electron chi connectivity index (χ3n) is 3.43. The van der Waals surface area contributed by atoms with Gasteiger partial charge in [0.2, 0.25) is 0 Å². The standard InChI is InChI=1S/C12H17BrN2OS/c1-8-3-2-5-15(10(8)7-14)12(16)11-9(13)4-6-17-11/h4,6,8,10H,2-3,5,7,14H2,1H3/t8-,10+/m1/s1. The highest BCUT2D eigenvalue weighted by Gasteiger charge is 2.32. The molecule has 1 aliphatic heterocycles. The van der Waals surface area contributed by atoms with E-state index < -0.39 is 0 Å². The fourth-order valence-electron chi connectivity index (χ4n) is 2.44. The van der Waals surface area contributed by atoms with Crippen molar-refractivity contribution in [3.05, 3.63) is 20.8 Å². The molecule has 0 unspecified atom stereocenters. The maximum absolute atomic E-state index is 12.4. The summed E-state index contributed by atoms with van der Waals surface area (Å²) in [6.07, 6.45) is 2.24.